The van der Waals surface area contributed by atoms with Crippen molar-refractivity contribution < 1.29 is 4.79 Å². The van der Waals surface area contributed by atoms with Gasteiger partial charge in [-0.05, 0) is 18.2 Å². The number of hydrogen-bond donors (Lipinski definition) is 0. The Labute approximate surface area is 71.3 Å². The molecule has 0 bridgehead atoms. The summed E-state index contributed by atoms with van der Waals surface area (Å²) >= 11 is 0. The van der Waals surface area contributed by atoms with Crippen molar-refractivity contribution in [3.63, 3.8) is 0 Å². The van der Waals surface area contributed by atoms with Crippen LogP contribution in [0, 0.1) is 0 Å². The maximum atomic E-state index is 11.1. The highest BCUT2D eigenvalue weighted by atomic mass is 16.2. The van der Waals surface area contributed by atoms with Crippen LogP contribution in [0.3, 0.4) is 0 Å². The molecule has 62 valence electrons. The number of amides is 1. The second-order valence-electron chi connectivity index (χ2n) is 2.29. The van der Waals surface area contributed by atoms with E-state index in [1.807, 2.05) is 6.07 Å². The molecular weight excluding hydrogens is 152 g/mol. The van der Waals surface area contributed by atoms with E-state index in [1.165, 1.54) is 11.0 Å². The Hall–Kier alpha value is -1.64. The summed E-state index contributed by atoms with van der Waals surface area (Å²) in [6.45, 7) is 3.39. The summed E-state index contributed by atoms with van der Waals surface area (Å²) in [6, 6.07) is 5.40. The highest BCUT2D eigenvalue weighted by Gasteiger charge is 2.05. The molecule has 0 aromatic carbocycles. The number of aromatic nitrogens is 1. The molecule has 1 rings (SSSR count). The van der Waals surface area contributed by atoms with Crippen molar-refractivity contribution in [1.82, 2.24) is 4.98 Å². The Morgan fingerprint density at radius 1 is 1.67 bits per heavy atom. The van der Waals surface area contributed by atoms with Gasteiger partial charge in [0.1, 0.15) is 5.82 Å². The lowest BCUT2D eigenvalue weighted by molar-refractivity contribution is -0.113. The summed E-state index contributed by atoms with van der Waals surface area (Å²) < 4.78 is 0. The summed E-state index contributed by atoms with van der Waals surface area (Å²) in [5.41, 5.74) is 0. The van der Waals surface area contributed by atoms with Crippen LogP contribution in [0.5, 0.6) is 0 Å². The number of carbonyl (C=O) groups is 1. The van der Waals surface area contributed by atoms with Crippen LogP contribution in [-0.2, 0) is 4.79 Å². The maximum Gasteiger partial charge on any atom is 0.251 e. The molecule has 0 radical (unpaired) electrons. The van der Waals surface area contributed by atoms with Gasteiger partial charge in [0.05, 0.1) is 0 Å². The van der Waals surface area contributed by atoms with Crippen molar-refractivity contribution in [2.75, 3.05) is 11.9 Å². The first-order valence-corrected chi connectivity index (χ1v) is 3.57. The van der Waals surface area contributed by atoms with Crippen molar-refractivity contribution in [2.24, 2.45) is 0 Å². The molecule has 0 aliphatic carbocycles. The molecule has 1 heterocycles. The second kappa shape index (κ2) is 3.67. The van der Waals surface area contributed by atoms with Crippen molar-refractivity contribution in [3.8, 4) is 0 Å². The van der Waals surface area contributed by atoms with Gasteiger partial charge < -0.3 is 0 Å². The van der Waals surface area contributed by atoms with Gasteiger partial charge in [-0.25, -0.2) is 4.98 Å². The van der Waals surface area contributed by atoms with Crippen LogP contribution >= 0.6 is 0 Å². The molecule has 1 aromatic heterocycles. The zero-order valence-corrected chi connectivity index (χ0v) is 6.90. The first-order valence-electron chi connectivity index (χ1n) is 3.57. The van der Waals surface area contributed by atoms with Crippen molar-refractivity contribution in [3.05, 3.63) is 37.1 Å². The minimum absolute atomic E-state index is 0.159. The van der Waals surface area contributed by atoms with Gasteiger partial charge in [-0.1, -0.05) is 12.6 Å². The molecule has 0 aliphatic rings. The number of hydrogen-bond acceptors (Lipinski definition) is 2. The average Bonchev–Trinajstić information content (AvgIpc) is 2.17. The molecule has 0 saturated carbocycles. The van der Waals surface area contributed by atoms with E-state index >= 15 is 0 Å². The van der Waals surface area contributed by atoms with Gasteiger partial charge in [-0.2, -0.15) is 0 Å². The average molecular weight is 162 g/mol. The minimum atomic E-state index is -0.159. The molecule has 0 fully saturated rings. The van der Waals surface area contributed by atoms with Gasteiger partial charge >= 0.3 is 0 Å². The normalized spacial score (nSPS) is 9.08. The molecule has 3 nitrogen and oxygen atoms in total. The molecule has 0 unspecified atom stereocenters. The Bertz CT molecular complexity index is 282. The van der Waals surface area contributed by atoms with Crippen molar-refractivity contribution >= 4 is 11.7 Å². The predicted octanol–water partition coefficient (Wildman–Crippen LogP) is 1.23. The van der Waals surface area contributed by atoms with Gasteiger partial charge in [-0.15, -0.1) is 0 Å². The third kappa shape index (κ3) is 1.69. The van der Waals surface area contributed by atoms with Crippen LogP contribution in [0.2, 0.25) is 0 Å². The fourth-order valence-electron chi connectivity index (χ4n) is 0.802. The standard InChI is InChI=1S/C9H10N2O/c1-3-9(12)11(2)8-6-4-5-7-10-8/h3-7H,1H2,2H3. The molecule has 1 amide bonds. The van der Waals surface area contributed by atoms with E-state index in [-0.39, 0.29) is 5.91 Å². The molecule has 0 aliphatic heterocycles. The molecule has 0 saturated heterocycles. The van der Waals surface area contributed by atoms with E-state index in [9.17, 15) is 4.79 Å². The summed E-state index contributed by atoms with van der Waals surface area (Å²) in [5, 5.41) is 0. The second-order valence-corrected chi connectivity index (χ2v) is 2.29. The van der Waals surface area contributed by atoms with Gasteiger partial charge in [-0.3, -0.25) is 9.69 Å². The number of nitrogens with zero attached hydrogens (tertiary/aromatic N) is 2. The Balaban J connectivity index is 2.85. The molecule has 1 aromatic rings. The zero-order valence-electron chi connectivity index (χ0n) is 6.90. The molecule has 12 heavy (non-hydrogen) atoms. The zero-order chi connectivity index (χ0) is 8.97. The first-order chi connectivity index (χ1) is 5.75. The SMILES string of the molecule is C=CC(=O)N(C)c1ccccn1. The smallest absolute Gasteiger partial charge is 0.251 e. The molecule has 0 N–H and O–H groups in total. The van der Waals surface area contributed by atoms with Crippen LogP contribution in [0.4, 0.5) is 5.82 Å². The predicted molar refractivity (Wildman–Crippen MR) is 47.8 cm³/mol. The van der Waals surface area contributed by atoms with Crippen molar-refractivity contribution in [2.45, 2.75) is 0 Å². The fraction of sp³-hybridized carbons (Fsp3) is 0.111. The molecule has 0 atom stereocenters. The third-order valence-electron chi connectivity index (χ3n) is 1.50. The van der Waals surface area contributed by atoms with Gasteiger partial charge in [0, 0.05) is 13.2 Å². The quantitative estimate of drug-likeness (QED) is 0.613. The number of pyridine rings is 1. The Morgan fingerprint density at radius 3 is 2.92 bits per heavy atom. The summed E-state index contributed by atoms with van der Waals surface area (Å²) in [4.78, 5) is 16.5. The van der Waals surface area contributed by atoms with E-state index in [0.717, 1.165) is 0 Å². The third-order valence-corrected chi connectivity index (χ3v) is 1.50. The van der Waals surface area contributed by atoms with E-state index in [0.29, 0.717) is 5.82 Å². The first kappa shape index (κ1) is 8.46. The number of carbonyl (C=O) groups excluding carboxylic acids is 1. The number of anilines is 1. The van der Waals surface area contributed by atoms with E-state index in [1.54, 1.807) is 25.4 Å². The van der Waals surface area contributed by atoms with Crippen LogP contribution in [0.15, 0.2) is 37.1 Å². The fourth-order valence-corrected chi connectivity index (χ4v) is 0.802. The van der Waals surface area contributed by atoms with Gasteiger partial charge in [0.15, 0.2) is 0 Å². The number of likely N-dealkylation sites (N-methyl/N-ethyl adjacent to an activating group) is 1. The summed E-state index contributed by atoms with van der Waals surface area (Å²) in [7, 11) is 1.66. The summed E-state index contributed by atoms with van der Waals surface area (Å²) in [5.74, 6) is 0.469. The van der Waals surface area contributed by atoms with Gasteiger partial charge in [0.2, 0.25) is 0 Å². The van der Waals surface area contributed by atoms with E-state index in [4.69, 9.17) is 0 Å². The van der Waals surface area contributed by atoms with Crippen LogP contribution < -0.4 is 4.90 Å². The highest BCUT2D eigenvalue weighted by molar-refractivity contribution is 5.99. The maximum absolute atomic E-state index is 11.1. The number of rotatable bonds is 2. The van der Waals surface area contributed by atoms with Crippen molar-refractivity contribution in [1.29, 1.82) is 0 Å². The highest BCUT2D eigenvalue weighted by Crippen LogP contribution is 2.06. The minimum Gasteiger partial charge on any atom is -0.296 e. The molecule has 0 spiro atoms. The topological polar surface area (TPSA) is 33.2 Å². The lowest BCUT2D eigenvalue weighted by atomic mass is 10.4. The summed E-state index contributed by atoms with van der Waals surface area (Å²) in [6.07, 6.45) is 2.90. The lowest BCUT2D eigenvalue weighted by Crippen LogP contribution is -2.24. The lowest BCUT2D eigenvalue weighted by Gasteiger charge is -2.12. The Kier molecular flexibility index (Phi) is 2.58. The van der Waals surface area contributed by atoms with E-state index < -0.39 is 0 Å². The van der Waals surface area contributed by atoms with Crippen LogP contribution in [0.1, 0.15) is 0 Å². The van der Waals surface area contributed by atoms with Crippen LogP contribution in [-0.4, -0.2) is 17.9 Å². The van der Waals surface area contributed by atoms with Gasteiger partial charge in [0.25, 0.3) is 5.91 Å². The Morgan fingerprint density at radius 2 is 2.42 bits per heavy atom. The van der Waals surface area contributed by atoms with Crippen LogP contribution in [0.25, 0.3) is 0 Å². The molecular formula is C9H10N2O. The van der Waals surface area contributed by atoms with E-state index in [2.05, 4.69) is 11.6 Å². The molecule has 3 heteroatoms. The monoisotopic (exact) mass is 162 g/mol. The largest absolute Gasteiger partial charge is 0.296 e.